The van der Waals surface area contributed by atoms with Gasteiger partial charge in [0, 0.05) is 25.8 Å². The second kappa shape index (κ2) is 6.33. The van der Waals surface area contributed by atoms with Crippen LogP contribution < -0.4 is 10.2 Å². The van der Waals surface area contributed by atoms with Crippen molar-refractivity contribution in [3.63, 3.8) is 0 Å². The van der Waals surface area contributed by atoms with E-state index in [1.165, 1.54) is 0 Å². The van der Waals surface area contributed by atoms with Gasteiger partial charge in [0.25, 0.3) is 0 Å². The maximum Gasteiger partial charge on any atom is 0.224 e. The lowest BCUT2D eigenvalue weighted by molar-refractivity contribution is 0.0381. The molecule has 100 valence electrons. The minimum atomic E-state index is 0.295. The number of ether oxygens (including phenoxy) is 1. The molecule has 18 heavy (non-hydrogen) atoms. The number of rotatable bonds is 4. The molecule has 1 fully saturated rings. The van der Waals surface area contributed by atoms with Crippen LogP contribution in [0.25, 0.3) is 0 Å². The molecule has 0 spiro atoms. The minimum Gasteiger partial charge on any atom is -0.375 e. The lowest BCUT2D eigenvalue weighted by Crippen LogP contribution is -2.42. The van der Waals surface area contributed by atoms with Gasteiger partial charge < -0.3 is 15.0 Å². The van der Waals surface area contributed by atoms with Gasteiger partial charge in [0.1, 0.15) is 5.82 Å². The van der Waals surface area contributed by atoms with E-state index in [4.69, 9.17) is 4.74 Å². The number of halogens is 1. The molecule has 1 aromatic rings. The number of nitrogens with one attached hydrogen (secondary N) is 1. The lowest BCUT2D eigenvalue weighted by Gasteiger charge is -2.33. The molecule has 6 heteroatoms. The SMILES string of the molecule is CCNc1ncc(Br)c(N2CCOC(CC)C2)n1. The molecular formula is C12H19BrN4O. The van der Waals surface area contributed by atoms with Crippen LogP contribution in [0.5, 0.6) is 0 Å². The summed E-state index contributed by atoms with van der Waals surface area (Å²) in [5, 5.41) is 3.14. The second-order valence-corrected chi connectivity index (χ2v) is 5.10. The van der Waals surface area contributed by atoms with Gasteiger partial charge in [-0.05, 0) is 29.3 Å². The van der Waals surface area contributed by atoms with Crippen molar-refractivity contribution in [1.29, 1.82) is 0 Å². The molecule has 0 aliphatic carbocycles. The molecule has 0 saturated carbocycles. The molecule has 5 nitrogen and oxygen atoms in total. The summed E-state index contributed by atoms with van der Waals surface area (Å²) in [6.07, 6.45) is 3.12. The van der Waals surface area contributed by atoms with Crippen LogP contribution in [0.1, 0.15) is 20.3 Å². The van der Waals surface area contributed by atoms with Crippen molar-refractivity contribution in [2.24, 2.45) is 0 Å². The van der Waals surface area contributed by atoms with Gasteiger partial charge >= 0.3 is 0 Å². The van der Waals surface area contributed by atoms with Gasteiger partial charge in [0.15, 0.2) is 0 Å². The Morgan fingerprint density at radius 2 is 2.39 bits per heavy atom. The fraction of sp³-hybridized carbons (Fsp3) is 0.667. The zero-order valence-electron chi connectivity index (χ0n) is 10.8. The fourth-order valence-electron chi connectivity index (χ4n) is 1.98. The summed E-state index contributed by atoms with van der Waals surface area (Å²) >= 11 is 3.52. The van der Waals surface area contributed by atoms with Crippen LogP contribution in [0.2, 0.25) is 0 Å². The Morgan fingerprint density at radius 3 is 3.11 bits per heavy atom. The highest BCUT2D eigenvalue weighted by Gasteiger charge is 2.22. The van der Waals surface area contributed by atoms with Gasteiger partial charge in [-0.25, -0.2) is 4.98 Å². The van der Waals surface area contributed by atoms with Crippen molar-refractivity contribution >= 4 is 27.7 Å². The van der Waals surface area contributed by atoms with E-state index < -0.39 is 0 Å². The van der Waals surface area contributed by atoms with Crippen LogP contribution in [0.3, 0.4) is 0 Å². The first kappa shape index (κ1) is 13.5. The molecule has 0 aromatic carbocycles. The molecule has 0 amide bonds. The van der Waals surface area contributed by atoms with Crippen molar-refractivity contribution in [1.82, 2.24) is 9.97 Å². The molecule has 1 aliphatic rings. The van der Waals surface area contributed by atoms with Gasteiger partial charge in [0.2, 0.25) is 5.95 Å². The van der Waals surface area contributed by atoms with Crippen LogP contribution in [0.15, 0.2) is 10.7 Å². The fourth-order valence-corrected chi connectivity index (χ4v) is 2.42. The summed E-state index contributed by atoms with van der Waals surface area (Å²) in [4.78, 5) is 11.0. The normalized spacial score (nSPS) is 19.9. The average Bonchev–Trinajstić information content (AvgIpc) is 2.41. The van der Waals surface area contributed by atoms with Crippen molar-refractivity contribution in [3.8, 4) is 0 Å². The number of anilines is 2. The molecule has 0 bridgehead atoms. The molecule has 1 N–H and O–H groups in total. The molecule has 2 rings (SSSR count). The van der Waals surface area contributed by atoms with Gasteiger partial charge in [0.05, 0.1) is 17.2 Å². The Hall–Kier alpha value is -0.880. The van der Waals surface area contributed by atoms with Crippen LogP contribution in [-0.2, 0) is 4.74 Å². The Morgan fingerprint density at radius 1 is 1.56 bits per heavy atom. The van der Waals surface area contributed by atoms with Crippen molar-refractivity contribution in [2.75, 3.05) is 36.5 Å². The topological polar surface area (TPSA) is 50.3 Å². The summed E-state index contributed by atoms with van der Waals surface area (Å²) < 4.78 is 6.61. The Labute approximate surface area is 116 Å². The zero-order valence-corrected chi connectivity index (χ0v) is 12.4. The van der Waals surface area contributed by atoms with E-state index in [1.54, 1.807) is 6.20 Å². The van der Waals surface area contributed by atoms with Crippen molar-refractivity contribution in [3.05, 3.63) is 10.7 Å². The molecule has 1 aliphatic heterocycles. The van der Waals surface area contributed by atoms with E-state index in [0.717, 1.165) is 43.0 Å². The first-order valence-corrected chi connectivity index (χ1v) is 7.16. The van der Waals surface area contributed by atoms with Crippen LogP contribution >= 0.6 is 15.9 Å². The number of nitrogens with zero attached hydrogens (tertiary/aromatic N) is 3. The Balaban J connectivity index is 2.17. The predicted molar refractivity (Wildman–Crippen MR) is 76.1 cm³/mol. The molecule has 2 heterocycles. The number of morpholine rings is 1. The van der Waals surface area contributed by atoms with Gasteiger partial charge in [-0.15, -0.1) is 0 Å². The standard InChI is InChI=1S/C12H19BrN4O/c1-3-9-8-17(5-6-18-9)11-10(13)7-15-12(16-11)14-4-2/h7,9H,3-6,8H2,1-2H3,(H,14,15,16). The minimum absolute atomic E-state index is 0.295. The lowest BCUT2D eigenvalue weighted by atomic mass is 10.2. The maximum atomic E-state index is 5.68. The monoisotopic (exact) mass is 314 g/mol. The van der Waals surface area contributed by atoms with E-state index in [0.29, 0.717) is 12.1 Å². The summed E-state index contributed by atoms with van der Waals surface area (Å²) in [5.74, 6) is 1.62. The third-order valence-electron chi connectivity index (χ3n) is 2.95. The van der Waals surface area contributed by atoms with Crippen LogP contribution in [-0.4, -0.2) is 42.3 Å². The maximum absolute atomic E-state index is 5.68. The van der Waals surface area contributed by atoms with Gasteiger partial charge in [-0.1, -0.05) is 6.92 Å². The van der Waals surface area contributed by atoms with E-state index in [1.807, 2.05) is 6.92 Å². The number of aromatic nitrogens is 2. The summed E-state index contributed by atoms with van der Waals surface area (Å²) in [7, 11) is 0. The van der Waals surface area contributed by atoms with Crippen molar-refractivity contribution < 1.29 is 4.74 Å². The highest BCUT2D eigenvalue weighted by Crippen LogP contribution is 2.26. The Kier molecular flexibility index (Phi) is 4.77. The summed E-state index contributed by atoms with van der Waals surface area (Å²) in [6, 6.07) is 0. The molecule has 1 atom stereocenters. The number of hydrogen-bond acceptors (Lipinski definition) is 5. The molecular weight excluding hydrogens is 296 g/mol. The van der Waals surface area contributed by atoms with Crippen LogP contribution in [0, 0.1) is 0 Å². The summed E-state index contributed by atoms with van der Waals surface area (Å²) in [5.41, 5.74) is 0. The molecule has 1 unspecified atom stereocenters. The first-order chi connectivity index (χ1) is 8.74. The van der Waals surface area contributed by atoms with Gasteiger partial charge in [-0.3, -0.25) is 0 Å². The van der Waals surface area contributed by atoms with Gasteiger partial charge in [-0.2, -0.15) is 4.98 Å². The quantitative estimate of drug-likeness (QED) is 0.924. The first-order valence-electron chi connectivity index (χ1n) is 6.37. The highest BCUT2D eigenvalue weighted by molar-refractivity contribution is 9.10. The number of hydrogen-bond donors (Lipinski definition) is 1. The molecule has 1 saturated heterocycles. The summed E-state index contributed by atoms with van der Waals surface area (Å²) in [6.45, 7) is 7.52. The third-order valence-corrected chi connectivity index (χ3v) is 3.51. The van der Waals surface area contributed by atoms with E-state index in [9.17, 15) is 0 Å². The van der Waals surface area contributed by atoms with E-state index in [2.05, 4.69) is 43.0 Å². The van der Waals surface area contributed by atoms with E-state index in [-0.39, 0.29) is 0 Å². The largest absolute Gasteiger partial charge is 0.375 e. The van der Waals surface area contributed by atoms with Crippen molar-refractivity contribution in [2.45, 2.75) is 26.4 Å². The predicted octanol–water partition coefficient (Wildman–Crippen LogP) is 2.29. The van der Waals surface area contributed by atoms with E-state index >= 15 is 0 Å². The third kappa shape index (κ3) is 3.11. The molecule has 0 radical (unpaired) electrons. The zero-order chi connectivity index (χ0) is 13.0. The second-order valence-electron chi connectivity index (χ2n) is 4.24. The highest BCUT2D eigenvalue weighted by atomic mass is 79.9. The average molecular weight is 315 g/mol. The van der Waals surface area contributed by atoms with Crippen LogP contribution in [0.4, 0.5) is 11.8 Å². The Bertz CT molecular complexity index is 402. The smallest absolute Gasteiger partial charge is 0.224 e. The molecule has 1 aromatic heterocycles.